The Bertz CT molecular complexity index is 391. The first-order valence-electron chi connectivity index (χ1n) is 3.88. The molecule has 1 rings (SSSR count). The largest absolute Gasteiger partial charge is 0.418 e. The minimum absolute atomic E-state index is 0.241. The van der Waals surface area contributed by atoms with Crippen LogP contribution in [0.25, 0.3) is 0 Å². The molecule has 0 saturated carbocycles. The number of hydrogen-bond donors (Lipinski definition) is 0. The summed E-state index contributed by atoms with van der Waals surface area (Å²) in [5.41, 5.74) is -2.17. The molecule has 0 N–H and O–H groups in total. The molecule has 0 aromatic carbocycles. The molecule has 0 bridgehead atoms. The Balaban J connectivity index is 3.38. The van der Waals surface area contributed by atoms with Crippen LogP contribution in [-0.4, -0.2) is 4.98 Å². The summed E-state index contributed by atoms with van der Waals surface area (Å²) < 4.78 is 61.9. The van der Waals surface area contributed by atoms with Gasteiger partial charge in [-0.05, 0) is 22.0 Å². The molecule has 0 spiro atoms. The van der Waals surface area contributed by atoms with Crippen molar-refractivity contribution in [3.63, 3.8) is 0 Å². The van der Waals surface area contributed by atoms with Crippen LogP contribution in [-0.2, 0) is 11.5 Å². The van der Waals surface area contributed by atoms with Crippen molar-refractivity contribution in [2.75, 3.05) is 0 Å². The molecule has 0 unspecified atom stereocenters. The predicted octanol–water partition coefficient (Wildman–Crippen LogP) is 4.70. The van der Waals surface area contributed by atoms with Crippen LogP contribution in [0, 0.1) is 0 Å². The van der Waals surface area contributed by atoms with Gasteiger partial charge in [-0.1, -0.05) is 15.9 Å². The Kier molecular flexibility index (Phi) is 4.28. The molecule has 0 aliphatic carbocycles. The van der Waals surface area contributed by atoms with Crippen LogP contribution in [0.3, 0.4) is 0 Å². The van der Waals surface area contributed by atoms with E-state index in [2.05, 4.69) is 36.8 Å². The van der Waals surface area contributed by atoms with E-state index in [0.29, 0.717) is 6.07 Å². The summed E-state index contributed by atoms with van der Waals surface area (Å²) in [6.07, 6.45) is -7.53. The van der Waals surface area contributed by atoms with Gasteiger partial charge in [0.25, 0.3) is 6.43 Å². The molecule has 16 heavy (non-hydrogen) atoms. The maximum Gasteiger partial charge on any atom is 0.418 e. The maximum absolute atomic E-state index is 12.5. The average Bonchev–Trinajstić information content (AvgIpc) is 2.15. The highest BCUT2D eigenvalue weighted by Crippen LogP contribution is 2.36. The van der Waals surface area contributed by atoms with Crippen LogP contribution in [0.4, 0.5) is 22.0 Å². The summed E-state index contributed by atoms with van der Waals surface area (Å²) in [4.78, 5) is 3.29. The summed E-state index contributed by atoms with van der Waals surface area (Å²) in [7, 11) is 0. The predicted molar refractivity (Wildman–Crippen MR) is 54.5 cm³/mol. The first-order chi connectivity index (χ1) is 7.27. The zero-order chi connectivity index (χ0) is 12.5. The third-order valence-electron chi connectivity index (χ3n) is 1.72. The molecule has 0 aliphatic rings. The highest BCUT2D eigenvalue weighted by molar-refractivity contribution is 9.10. The van der Waals surface area contributed by atoms with Crippen molar-refractivity contribution < 1.29 is 22.0 Å². The first kappa shape index (κ1) is 13.8. The fraction of sp³-hybridized carbons (Fsp3) is 0.375. The molecule has 8 heteroatoms. The van der Waals surface area contributed by atoms with E-state index in [4.69, 9.17) is 0 Å². The third kappa shape index (κ3) is 2.91. The minimum atomic E-state index is -4.61. The number of aromatic nitrogens is 1. The topological polar surface area (TPSA) is 12.9 Å². The van der Waals surface area contributed by atoms with E-state index in [1.54, 1.807) is 0 Å². The molecule has 0 saturated heterocycles. The van der Waals surface area contributed by atoms with Crippen molar-refractivity contribution in [1.29, 1.82) is 0 Å². The molecular formula is C8H4Br2F5N. The Morgan fingerprint density at radius 3 is 2.25 bits per heavy atom. The van der Waals surface area contributed by atoms with Gasteiger partial charge in [-0.15, -0.1) is 0 Å². The summed E-state index contributed by atoms with van der Waals surface area (Å²) in [5, 5.41) is -0.241. The SMILES string of the molecule is FC(F)c1nc(CBr)c(C(F)(F)F)cc1Br. The van der Waals surface area contributed by atoms with E-state index in [1.165, 1.54) is 0 Å². The summed E-state index contributed by atoms with van der Waals surface area (Å²) >= 11 is 5.43. The van der Waals surface area contributed by atoms with Gasteiger partial charge in [-0.2, -0.15) is 13.2 Å². The van der Waals surface area contributed by atoms with Gasteiger partial charge in [-0.3, -0.25) is 0 Å². The zero-order valence-corrected chi connectivity index (χ0v) is 10.6. The number of halogens is 7. The molecule has 0 fully saturated rings. The number of rotatable bonds is 2. The van der Waals surface area contributed by atoms with Crippen molar-refractivity contribution >= 4 is 31.9 Å². The van der Waals surface area contributed by atoms with Crippen molar-refractivity contribution in [3.05, 3.63) is 27.5 Å². The van der Waals surface area contributed by atoms with Crippen LogP contribution in [0.15, 0.2) is 10.5 Å². The standard InChI is InChI=1S/C8H4Br2F5N/c9-2-5-3(8(13,14)15)1-4(10)6(16-5)7(11)12/h1,7H,2H2. The van der Waals surface area contributed by atoms with Gasteiger partial charge in [0.1, 0.15) is 5.69 Å². The van der Waals surface area contributed by atoms with E-state index < -0.39 is 29.6 Å². The lowest BCUT2D eigenvalue weighted by atomic mass is 10.2. The zero-order valence-electron chi connectivity index (χ0n) is 7.45. The molecule has 90 valence electrons. The summed E-state index contributed by atoms with van der Waals surface area (Å²) in [6, 6.07) is 0.616. The van der Waals surface area contributed by atoms with Crippen LogP contribution < -0.4 is 0 Å². The maximum atomic E-state index is 12.5. The molecule has 1 heterocycles. The highest BCUT2D eigenvalue weighted by atomic mass is 79.9. The number of pyridine rings is 1. The molecule has 1 nitrogen and oxygen atoms in total. The van der Waals surface area contributed by atoms with E-state index in [1.807, 2.05) is 0 Å². The Hall–Kier alpha value is -0.240. The van der Waals surface area contributed by atoms with Gasteiger partial charge in [0.05, 0.1) is 11.3 Å². The lowest BCUT2D eigenvalue weighted by Gasteiger charge is -2.13. The van der Waals surface area contributed by atoms with Crippen LogP contribution in [0.5, 0.6) is 0 Å². The van der Waals surface area contributed by atoms with E-state index in [-0.39, 0.29) is 9.80 Å². The minimum Gasteiger partial charge on any atom is -0.249 e. The van der Waals surface area contributed by atoms with E-state index in [0.717, 1.165) is 0 Å². The average molecular weight is 369 g/mol. The quantitative estimate of drug-likeness (QED) is 0.545. The van der Waals surface area contributed by atoms with Gasteiger partial charge < -0.3 is 0 Å². The normalized spacial score (nSPS) is 12.2. The lowest BCUT2D eigenvalue weighted by molar-refractivity contribution is -0.138. The van der Waals surface area contributed by atoms with Gasteiger partial charge in [0.2, 0.25) is 0 Å². The molecule has 0 radical (unpaired) electrons. The van der Waals surface area contributed by atoms with Crippen LogP contribution >= 0.6 is 31.9 Å². The summed E-state index contributed by atoms with van der Waals surface area (Å²) in [6.45, 7) is 0. The van der Waals surface area contributed by atoms with Crippen LogP contribution in [0.2, 0.25) is 0 Å². The van der Waals surface area contributed by atoms with E-state index >= 15 is 0 Å². The van der Waals surface area contributed by atoms with Crippen LogP contribution in [0.1, 0.15) is 23.4 Å². The fourth-order valence-corrected chi connectivity index (χ4v) is 1.96. The Morgan fingerprint density at radius 2 is 1.88 bits per heavy atom. The Labute approximate surface area is 104 Å². The van der Waals surface area contributed by atoms with Gasteiger partial charge in [0, 0.05) is 9.80 Å². The number of alkyl halides is 6. The van der Waals surface area contributed by atoms with Gasteiger partial charge in [-0.25, -0.2) is 13.8 Å². The third-order valence-corrected chi connectivity index (χ3v) is 2.89. The molecule has 1 aromatic heterocycles. The fourth-order valence-electron chi connectivity index (χ4n) is 1.04. The molecule has 0 amide bonds. The van der Waals surface area contributed by atoms with Gasteiger partial charge >= 0.3 is 6.18 Å². The molecule has 1 aromatic rings. The number of nitrogens with zero attached hydrogens (tertiary/aromatic N) is 1. The number of hydrogen-bond acceptors (Lipinski definition) is 1. The first-order valence-corrected chi connectivity index (χ1v) is 5.79. The monoisotopic (exact) mass is 367 g/mol. The van der Waals surface area contributed by atoms with E-state index in [9.17, 15) is 22.0 Å². The van der Waals surface area contributed by atoms with Crippen molar-refractivity contribution in [3.8, 4) is 0 Å². The Morgan fingerprint density at radius 1 is 1.31 bits per heavy atom. The van der Waals surface area contributed by atoms with Crippen molar-refractivity contribution in [2.45, 2.75) is 17.9 Å². The molecule has 0 atom stereocenters. The molecule has 0 aliphatic heterocycles. The molecular weight excluding hydrogens is 365 g/mol. The van der Waals surface area contributed by atoms with Crippen molar-refractivity contribution in [2.24, 2.45) is 0 Å². The van der Waals surface area contributed by atoms with Gasteiger partial charge in [0.15, 0.2) is 0 Å². The van der Waals surface area contributed by atoms with Crippen molar-refractivity contribution in [1.82, 2.24) is 4.98 Å². The second-order valence-electron chi connectivity index (χ2n) is 2.78. The second kappa shape index (κ2) is 4.95. The summed E-state index contributed by atoms with van der Waals surface area (Å²) in [5.74, 6) is 0. The smallest absolute Gasteiger partial charge is 0.249 e. The lowest BCUT2D eigenvalue weighted by Crippen LogP contribution is -2.12. The highest BCUT2D eigenvalue weighted by Gasteiger charge is 2.35. The second-order valence-corrected chi connectivity index (χ2v) is 4.20.